The fraction of sp³-hybridized carbons (Fsp3) is 0.286. The van der Waals surface area contributed by atoms with Crippen LogP contribution in [0.25, 0.3) is 11.0 Å². The van der Waals surface area contributed by atoms with Gasteiger partial charge in [-0.3, -0.25) is 0 Å². The molecule has 0 radical (unpaired) electrons. The van der Waals surface area contributed by atoms with Gasteiger partial charge in [0.25, 0.3) is 0 Å². The highest BCUT2D eigenvalue weighted by Crippen LogP contribution is 2.25. The molecule has 19 heavy (non-hydrogen) atoms. The molecule has 0 aromatic carbocycles. The van der Waals surface area contributed by atoms with Crippen LogP contribution in [-0.4, -0.2) is 21.6 Å². The van der Waals surface area contributed by atoms with Crippen molar-refractivity contribution in [3.63, 3.8) is 0 Å². The summed E-state index contributed by atoms with van der Waals surface area (Å²) in [5.41, 5.74) is 0.971. The Kier molecular flexibility index (Phi) is 2.98. The first kappa shape index (κ1) is 12.2. The van der Waals surface area contributed by atoms with Gasteiger partial charge in [-0.05, 0) is 25.1 Å². The number of hydrogen-bond donors (Lipinski definition) is 0. The van der Waals surface area contributed by atoms with Gasteiger partial charge in [-0.1, -0.05) is 0 Å². The van der Waals surface area contributed by atoms with Gasteiger partial charge in [0, 0.05) is 30.0 Å². The Morgan fingerprint density at radius 2 is 2.11 bits per heavy atom. The van der Waals surface area contributed by atoms with E-state index in [2.05, 4.69) is 47.0 Å². The number of anilines is 1. The van der Waals surface area contributed by atoms with E-state index in [1.807, 2.05) is 29.1 Å². The minimum absolute atomic E-state index is 0.875. The Morgan fingerprint density at radius 1 is 1.26 bits per heavy atom. The van der Waals surface area contributed by atoms with Crippen molar-refractivity contribution < 1.29 is 0 Å². The molecule has 3 aromatic rings. The largest absolute Gasteiger partial charge is 0.354 e. The lowest BCUT2D eigenvalue weighted by atomic mass is 10.3. The van der Waals surface area contributed by atoms with Crippen LogP contribution in [0.5, 0.6) is 0 Å². The van der Waals surface area contributed by atoms with E-state index in [-0.39, 0.29) is 0 Å². The van der Waals surface area contributed by atoms with Crippen LogP contribution in [-0.2, 0) is 13.6 Å². The van der Waals surface area contributed by atoms with Crippen LogP contribution in [0, 0.1) is 6.92 Å². The zero-order chi connectivity index (χ0) is 13.4. The Morgan fingerprint density at radius 3 is 2.84 bits per heavy atom. The maximum absolute atomic E-state index is 4.43. The van der Waals surface area contributed by atoms with E-state index in [0.717, 1.165) is 23.4 Å². The van der Waals surface area contributed by atoms with Crippen LogP contribution in [0.15, 0.2) is 30.7 Å². The molecule has 4 nitrogen and oxygen atoms in total. The first-order chi connectivity index (χ1) is 9.15. The molecule has 0 unspecified atom stereocenters. The van der Waals surface area contributed by atoms with Crippen LogP contribution < -0.4 is 4.90 Å². The Bertz CT molecular complexity index is 713. The summed E-state index contributed by atoms with van der Waals surface area (Å²) in [6.45, 7) is 3.01. The summed E-state index contributed by atoms with van der Waals surface area (Å²) < 4.78 is 2.02. The van der Waals surface area contributed by atoms with E-state index in [1.54, 1.807) is 6.33 Å². The Balaban J connectivity index is 1.95. The van der Waals surface area contributed by atoms with Gasteiger partial charge in [0.2, 0.25) is 0 Å². The predicted octanol–water partition coefficient (Wildman–Crippen LogP) is 2.97. The molecule has 0 amide bonds. The zero-order valence-electron chi connectivity index (χ0n) is 11.3. The second-order valence-corrected chi connectivity index (χ2v) is 6.10. The Labute approximate surface area is 116 Å². The van der Waals surface area contributed by atoms with Crippen molar-refractivity contribution in [3.8, 4) is 0 Å². The van der Waals surface area contributed by atoms with Gasteiger partial charge in [-0.15, -0.1) is 11.3 Å². The van der Waals surface area contributed by atoms with E-state index in [9.17, 15) is 0 Å². The monoisotopic (exact) mass is 272 g/mol. The molecule has 3 heterocycles. The number of rotatable bonds is 3. The maximum Gasteiger partial charge on any atom is 0.145 e. The van der Waals surface area contributed by atoms with E-state index in [0.29, 0.717) is 0 Å². The molecule has 98 valence electrons. The van der Waals surface area contributed by atoms with Gasteiger partial charge in [0.1, 0.15) is 17.8 Å². The minimum atomic E-state index is 0.875. The summed E-state index contributed by atoms with van der Waals surface area (Å²) in [5, 5.41) is 1.10. The quantitative estimate of drug-likeness (QED) is 0.735. The van der Waals surface area contributed by atoms with Gasteiger partial charge in [-0.25, -0.2) is 9.97 Å². The standard InChI is InChI=1S/C14H16N4S/c1-10-4-5-11(19-10)8-18(3)14-12-6-7-17(2)13(12)15-9-16-14/h4-7,9H,8H2,1-3H3. The Hall–Kier alpha value is -1.88. The van der Waals surface area contributed by atoms with Crippen molar-refractivity contribution >= 4 is 28.2 Å². The van der Waals surface area contributed by atoms with Gasteiger partial charge < -0.3 is 9.47 Å². The van der Waals surface area contributed by atoms with Crippen molar-refractivity contribution in [1.82, 2.24) is 14.5 Å². The number of aryl methyl sites for hydroxylation is 2. The average molecular weight is 272 g/mol. The molecule has 3 rings (SSSR count). The van der Waals surface area contributed by atoms with Gasteiger partial charge in [0.15, 0.2) is 0 Å². The molecule has 0 fully saturated rings. The summed E-state index contributed by atoms with van der Waals surface area (Å²) >= 11 is 1.83. The van der Waals surface area contributed by atoms with Crippen LogP contribution in [0.3, 0.4) is 0 Å². The molecule has 0 spiro atoms. The summed E-state index contributed by atoms with van der Waals surface area (Å²) in [4.78, 5) is 13.6. The number of thiophene rings is 1. The topological polar surface area (TPSA) is 34.0 Å². The summed E-state index contributed by atoms with van der Waals surface area (Å²) in [7, 11) is 4.07. The molecule has 0 N–H and O–H groups in total. The molecule has 0 aliphatic rings. The summed E-state index contributed by atoms with van der Waals surface area (Å²) in [6, 6.07) is 6.41. The first-order valence-corrected chi connectivity index (χ1v) is 6.99. The van der Waals surface area contributed by atoms with Crippen LogP contribution in [0.2, 0.25) is 0 Å². The molecule has 0 aliphatic carbocycles. The average Bonchev–Trinajstić information content (AvgIpc) is 2.96. The van der Waals surface area contributed by atoms with E-state index >= 15 is 0 Å². The second-order valence-electron chi connectivity index (χ2n) is 4.73. The maximum atomic E-state index is 4.43. The fourth-order valence-electron chi connectivity index (χ4n) is 2.25. The van der Waals surface area contributed by atoms with Crippen LogP contribution in [0.4, 0.5) is 5.82 Å². The molecule has 0 saturated heterocycles. The molecule has 0 aliphatic heterocycles. The lowest BCUT2D eigenvalue weighted by molar-refractivity contribution is 0.906. The van der Waals surface area contributed by atoms with Gasteiger partial charge >= 0.3 is 0 Å². The molecule has 0 saturated carbocycles. The molecule has 0 bridgehead atoms. The lowest BCUT2D eigenvalue weighted by Gasteiger charge is -2.17. The lowest BCUT2D eigenvalue weighted by Crippen LogP contribution is -2.17. The number of hydrogen-bond acceptors (Lipinski definition) is 4. The molecule has 3 aromatic heterocycles. The number of aromatic nitrogens is 3. The van der Waals surface area contributed by atoms with Crippen LogP contribution >= 0.6 is 11.3 Å². The van der Waals surface area contributed by atoms with Crippen LogP contribution in [0.1, 0.15) is 9.75 Å². The highest BCUT2D eigenvalue weighted by atomic mass is 32.1. The van der Waals surface area contributed by atoms with Crippen molar-refractivity contribution in [2.45, 2.75) is 13.5 Å². The SMILES string of the molecule is Cc1ccc(CN(C)c2ncnc3c2ccn3C)s1. The third kappa shape index (κ3) is 2.21. The molecular weight excluding hydrogens is 256 g/mol. The van der Waals surface area contributed by atoms with Crippen molar-refractivity contribution in [1.29, 1.82) is 0 Å². The normalized spacial score (nSPS) is 11.1. The van der Waals surface area contributed by atoms with E-state index in [1.165, 1.54) is 9.75 Å². The number of nitrogens with zero attached hydrogens (tertiary/aromatic N) is 4. The number of fused-ring (bicyclic) bond motifs is 1. The summed E-state index contributed by atoms with van der Waals surface area (Å²) in [5.74, 6) is 0.983. The zero-order valence-corrected chi connectivity index (χ0v) is 12.1. The van der Waals surface area contributed by atoms with E-state index < -0.39 is 0 Å². The third-order valence-corrected chi connectivity index (χ3v) is 4.18. The van der Waals surface area contributed by atoms with E-state index in [4.69, 9.17) is 0 Å². The highest BCUT2D eigenvalue weighted by Gasteiger charge is 2.11. The molecule has 0 atom stereocenters. The molecule has 5 heteroatoms. The van der Waals surface area contributed by atoms with Gasteiger partial charge in [0.05, 0.1) is 11.9 Å². The predicted molar refractivity (Wildman–Crippen MR) is 79.7 cm³/mol. The summed E-state index contributed by atoms with van der Waals surface area (Å²) in [6.07, 6.45) is 3.65. The highest BCUT2D eigenvalue weighted by molar-refractivity contribution is 7.11. The first-order valence-electron chi connectivity index (χ1n) is 6.17. The second kappa shape index (κ2) is 4.66. The van der Waals surface area contributed by atoms with Gasteiger partial charge in [-0.2, -0.15) is 0 Å². The fourth-order valence-corrected chi connectivity index (χ4v) is 3.19. The third-order valence-electron chi connectivity index (χ3n) is 3.19. The van der Waals surface area contributed by atoms with Crippen molar-refractivity contribution in [2.75, 3.05) is 11.9 Å². The molecular formula is C14H16N4S. The smallest absolute Gasteiger partial charge is 0.145 e. The van der Waals surface area contributed by atoms with Crippen molar-refractivity contribution in [2.24, 2.45) is 7.05 Å². The minimum Gasteiger partial charge on any atom is -0.354 e. The van der Waals surface area contributed by atoms with Crippen molar-refractivity contribution in [3.05, 3.63) is 40.5 Å².